The lowest BCUT2D eigenvalue weighted by Gasteiger charge is -2.19. The molecule has 4 aromatic carbocycles. The van der Waals surface area contributed by atoms with Crippen LogP contribution in [0.25, 0.3) is 28.3 Å². The van der Waals surface area contributed by atoms with Gasteiger partial charge in [-0.2, -0.15) is 0 Å². The average molecular weight is 604 g/mol. The van der Waals surface area contributed by atoms with Gasteiger partial charge in [-0.1, -0.05) is 72.8 Å². The fraction of sp³-hybridized carbons (Fsp3) is 0.0606. The number of nitrogens with one attached hydrogen (secondary N) is 1. The number of anilines is 1. The van der Waals surface area contributed by atoms with Gasteiger partial charge in [-0.15, -0.1) is 0 Å². The van der Waals surface area contributed by atoms with Crippen LogP contribution in [0, 0.1) is 10.1 Å². The van der Waals surface area contributed by atoms with Gasteiger partial charge >= 0.3 is 0 Å². The minimum Gasteiger partial charge on any atom is -0.307 e. The second kappa shape index (κ2) is 11.5. The molecular formula is C33H25N5O5S. The Hall–Kier alpha value is -5.68. The number of para-hydroxylation sites is 2. The molecule has 0 aliphatic carbocycles. The molecule has 44 heavy (non-hydrogen) atoms. The molecule has 0 spiro atoms. The summed E-state index contributed by atoms with van der Waals surface area (Å²) in [6, 6.07) is 29.9. The number of non-ortho nitro benzene ring substituents is 1. The van der Waals surface area contributed by atoms with Gasteiger partial charge in [0, 0.05) is 18.2 Å². The zero-order valence-corrected chi connectivity index (χ0v) is 24.2. The fourth-order valence-electron chi connectivity index (χ4n) is 5.06. The second-order valence-electron chi connectivity index (χ2n) is 10.0. The van der Waals surface area contributed by atoms with E-state index in [0.717, 1.165) is 5.56 Å². The van der Waals surface area contributed by atoms with Gasteiger partial charge in [-0.05, 0) is 48.4 Å². The number of rotatable bonds is 8. The highest BCUT2D eigenvalue weighted by Crippen LogP contribution is 2.40. The van der Waals surface area contributed by atoms with Crippen molar-refractivity contribution in [2.75, 3.05) is 5.32 Å². The second-order valence-corrected chi connectivity index (χ2v) is 11.9. The first kappa shape index (κ1) is 28.4. The van der Waals surface area contributed by atoms with Gasteiger partial charge in [0.25, 0.3) is 5.69 Å². The van der Waals surface area contributed by atoms with E-state index in [0.29, 0.717) is 16.6 Å². The molecule has 11 heteroatoms. The van der Waals surface area contributed by atoms with Crippen LogP contribution in [0.5, 0.6) is 0 Å². The van der Waals surface area contributed by atoms with Crippen LogP contribution in [0.4, 0.5) is 11.5 Å². The fourth-order valence-corrected chi connectivity index (χ4v) is 6.60. The van der Waals surface area contributed by atoms with E-state index in [9.17, 15) is 23.3 Å². The Balaban J connectivity index is 1.59. The maximum absolute atomic E-state index is 14.3. The van der Waals surface area contributed by atoms with Crippen LogP contribution in [0.15, 0.2) is 125 Å². The number of nitro benzene ring substituents is 1. The Morgan fingerprint density at radius 2 is 1.52 bits per heavy atom. The predicted molar refractivity (Wildman–Crippen MR) is 168 cm³/mol. The average Bonchev–Trinajstić information content (AvgIpc) is 3.36. The summed E-state index contributed by atoms with van der Waals surface area (Å²) in [5, 5.41) is 14.0. The number of nitrogens with zero attached hydrogens (tertiary/aromatic N) is 4. The Morgan fingerprint density at radius 1 is 0.886 bits per heavy atom. The highest BCUT2D eigenvalue weighted by atomic mass is 32.2. The highest BCUT2D eigenvalue weighted by molar-refractivity contribution is 7.92. The molecule has 1 amide bonds. The summed E-state index contributed by atoms with van der Waals surface area (Å²) in [7, 11) is -4.22. The minimum absolute atomic E-state index is 0.00389. The van der Waals surface area contributed by atoms with Crippen LogP contribution in [0.3, 0.4) is 0 Å². The molecule has 0 fully saturated rings. The molecule has 10 nitrogen and oxygen atoms in total. The SMILES string of the molecule is CC(c1ccccc1)n1c(NC(=O)/C=C/c2cccc([N+](=O)[O-])c2)c(S(=O)(=O)c2ccccc2)c2nc3ccccc3nc21. The maximum atomic E-state index is 14.3. The molecule has 0 saturated carbocycles. The molecule has 2 heterocycles. The summed E-state index contributed by atoms with van der Waals surface area (Å²) in [6.45, 7) is 1.89. The number of sulfone groups is 1. The summed E-state index contributed by atoms with van der Waals surface area (Å²) >= 11 is 0. The number of carbonyl (C=O) groups is 1. The molecule has 0 saturated heterocycles. The predicted octanol–water partition coefficient (Wildman–Crippen LogP) is 6.59. The van der Waals surface area contributed by atoms with Crippen molar-refractivity contribution in [1.82, 2.24) is 14.5 Å². The summed E-state index contributed by atoms with van der Waals surface area (Å²) in [4.78, 5) is 33.6. The van der Waals surface area contributed by atoms with Crippen LogP contribution in [-0.4, -0.2) is 33.8 Å². The third-order valence-electron chi connectivity index (χ3n) is 7.19. The smallest absolute Gasteiger partial charge is 0.270 e. The van der Waals surface area contributed by atoms with Crippen molar-refractivity contribution in [3.05, 3.63) is 137 Å². The number of carbonyl (C=O) groups excluding carboxylic acids is 1. The number of hydrogen-bond acceptors (Lipinski definition) is 7. The minimum atomic E-state index is -4.22. The van der Waals surface area contributed by atoms with Crippen LogP contribution >= 0.6 is 0 Å². The van der Waals surface area contributed by atoms with Gasteiger partial charge in [0.15, 0.2) is 5.65 Å². The lowest BCUT2D eigenvalue weighted by Crippen LogP contribution is -2.18. The maximum Gasteiger partial charge on any atom is 0.270 e. The van der Waals surface area contributed by atoms with Crippen LogP contribution < -0.4 is 5.32 Å². The lowest BCUT2D eigenvalue weighted by atomic mass is 10.1. The topological polar surface area (TPSA) is 137 Å². The first-order valence-electron chi connectivity index (χ1n) is 13.6. The van der Waals surface area contributed by atoms with Crippen molar-refractivity contribution >= 4 is 55.5 Å². The van der Waals surface area contributed by atoms with Crippen molar-refractivity contribution in [3.63, 3.8) is 0 Å². The molecule has 0 bridgehead atoms. The van der Waals surface area contributed by atoms with E-state index in [2.05, 4.69) is 5.32 Å². The van der Waals surface area contributed by atoms with Gasteiger partial charge < -0.3 is 9.88 Å². The molecule has 0 aliphatic rings. The van der Waals surface area contributed by atoms with E-state index >= 15 is 0 Å². The summed E-state index contributed by atoms with van der Waals surface area (Å²) in [5.74, 6) is -0.640. The molecule has 6 rings (SSSR count). The first-order chi connectivity index (χ1) is 21.2. The van der Waals surface area contributed by atoms with Gasteiger partial charge in [-0.25, -0.2) is 18.4 Å². The molecule has 1 N–H and O–H groups in total. The number of hydrogen-bond donors (Lipinski definition) is 1. The number of fused-ring (bicyclic) bond motifs is 2. The number of nitro groups is 1. The van der Waals surface area contributed by atoms with E-state index in [1.807, 2.05) is 43.3 Å². The van der Waals surface area contributed by atoms with E-state index in [1.165, 1.54) is 42.5 Å². The molecule has 0 radical (unpaired) electrons. The Bertz CT molecular complexity index is 2180. The normalized spacial score (nSPS) is 12.5. The van der Waals surface area contributed by atoms with E-state index in [-0.39, 0.29) is 32.5 Å². The third kappa shape index (κ3) is 5.32. The number of benzene rings is 4. The largest absolute Gasteiger partial charge is 0.307 e. The van der Waals surface area contributed by atoms with Gasteiger partial charge in [0.05, 0.1) is 26.9 Å². The van der Waals surface area contributed by atoms with E-state index in [4.69, 9.17) is 9.97 Å². The van der Waals surface area contributed by atoms with Gasteiger partial charge in [0.2, 0.25) is 15.7 Å². The van der Waals surface area contributed by atoms with Crippen molar-refractivity contribution < 1.29 is 18.1 Å². The molecule has 218 valence electrons. The van der Waals surface area contributed by atoms with Gasteiger partial charge in [0.1, 0.15) is 16.2 Å². The lowest BCUT2D eigenvalue weighted by molar-refractivity contribution is -0.384. The highest BCUT2D eigenvalue weighted by Gasteiger charge is 2.33. The summed E-state index contributed by atoms with van der Waals surface area (Å²) < 4.78 is 30.3. The van der Waals surface area contributed by atoms with Crippen molar-refractivity contribution in [2.24, 2.45) is 0 Å². The molecule has 1 atom stereocenters. The van der Waals surface area contributed by atoms with Crippen molar-refractivity contribution in [2.45, 2.75) is 22.8 Å². The quantitative estimate of drug-likeness (QED) is 0.118. The Labute approximate surface area is 252 Å². The van der Waals surface area contributed by atoms with Crippen LogP contribution in [0.2, 0.25) is 0 Å². The number of aromatic nitrogens is 3. The van der Waals surface area contributed by atoms with E-state index < -0.39 is 26.7 Å². The Kier molecular flexibility index (Phi) is 7.46. The summed E-state index contributed by atoms with van der Waals surface area (Å²) in [5.41, 5.74) is 2.62. The first-order valence-corrected chi connectivity index (χ1v) is 15.1. The zero-order valence-electron chi connectivity index (χ0n) is 23.4. The summed E-state index contributed by atoms with van der Waals surface area (Å²) in [6.07, 6.45) is 2.62. The third-order valence-corrected chi connectivity index (χ3v) is 9.01. The molecule has 2 aromatic heterocycles. The number of amides is 1. The Morgan fingerprint density at radius 3 is 2.20 bits per heavy atom. The standard InChI is InChI=1S/C33H25N5O5S/c1-22(24-12-4-2-5-13-24)37-32-30(34-27-17-8-9-18-28(27)35-32)31(44(42,43)26-15-6-3-7-16-26)33(37)36-29(39)20-19-23-11-10-14-25(21-23)38(40)41/h2-22H,1H3,(H,36,39)/b20-19+. The molecule has 6 aromatic rings. The molecule has 1 unspecified atom stereocenters. The van der Waals surface area contributed by atoms with E-state index in [1.54, 1.807) is 47.0 Å². The molecule has 0 aliphatic heterocycles. The van der Waals surface area contributed by atoms with Crippen LogP contribution in [-0.2, 0) is 14.6 Å². The van der Waals surface area contributed by atoms with Crippen molar-refractivity contribution in [3.8, 4) is 0 Å². The van der Waals surface area contributed by atoms with Crippen molar-refractivity contribution in [1.29, 1.82) is 0 Å². The molecular weight excluding hydrogens is 578 g/mol. The van der Waals surface area contributed by atoms with Gasteiger partial charge in [-0.3, -0.25) is 14.9 Å². The zero-order chi connectivity index (χ0) is 30.8. The monoisotopic (exact) mass is 603 g/mol. The van der Waals surface area contributed by atoms with Crippen LogP contribution in [0.1, 0.15) is 24.1 Å².